The van der Waals surface area contributed by atoms with Crippen molar-refractivity contribution in [2.45, 2.75) is 45.4 Å². The summed E-state index contributed by atoms with van der Waals surface area (Å²) in [6.07, 6.45) is 6.48. The van der Waals surface area contributed by atoms with Gasteiger partial charge in [0.25, 0.3) is 0 Å². The van der Waals surface area contributed by atoms with E-state index in [1.54, 1.807) is 0 Å². The SMILES string of the molecule is CCCCCCCCOP(=O)(O)O.[H-].[K+]. The van der Waals surface area contributed by atoms with Crippen LogP contribution in [0.4, 0.5) is 0 Å². The zero-order chi connectivity index (χ0) is 10.2. The molecule has 14 heavy (non-hydrogen) atoms. The van der Waals surface area contributed by atoms with Gasteiger partial charge in [-0.05, 0) is 6.42 Å². The van der Waals surface area contributed by atoms with Crippen LogP contribution in [0.5, 0.6) is 0 Å². The standard InChI is InChI=1S/C8H19O4P.K.H/c1-2-3-4-5-6-7-8-12-13(9,10)11;;/h2-8H2,1H3,(H2,9,10,11);;/q;+1;-1. The van der Waals surface area contributed by atoms with Crippen molar-refractivity contribution in [2.75, 3.05) is 6.61 Å². The molecular formula is C8H20KO4P. The molecule has 82 valence electrons. The average molecular weight is 250 g/mol. The van der Waals surface area contributed by atoms with Crippen LogP contribution < -0.4 is 51.4 Å². The first-order chi connectivity index (χ1) is 6.06. The Morgan fingerprint density at radius 2 is 1.64 bits per heavy atom. The Hall–Kier alpha value is 1.75. The number of unbranched alkanes of at least 4 members (excludes halogenated alkanes) is 5. The van der Waals surface area contributed by atoms with E-state index >= 15 is 0 Å². The fraction of sp³-hybridized carbons (Fsp3) is 1.00. The van der Waals surface area contributed by atoms with Crippen LogP contribution in [0.25, 0.3) is 0 Å². The van der Waals surface area contributed by atoms with E-state index < -0.39 is 7.82 Å². The minimum Gasteiger partial charge on any atom is -1.00 e. The summed E-state index contributed by atoms with van der Waals surface area (Å²) in [5.74, 6) is 0. The molecule has 0 bridgehead atoms. The number of phosphoric ester groups is 1. The van der Waals surface area contributed by atoms with E-state index in [9.17, 15) is 4.57 Å². The van der Waals surface area contributed by atoms with Crippen molar-refractivity contribution in [3.63, 3.8) is 0 Å². The molecule has 4 nitrogen and oxygen atoms in total. The van der Waals surface area contributed by atoms with Gasteiger partial charge in [-0.15, -0.1) is 0 Å². The van der Waals surface area contributed by atoms with Crippen molar-refractivity contribution in [3.8, 4) is 0 Å². The van der Waals surface area contributed by atoms with Gasteiger partial charge in [0, 0.05) is 0 Å². The Morgan fingerprint density at radius 1 is 1.14 bits per heavy atom. The van der Waals surface area contributed by atoms with Crippen LogP contribution in [-0.4, -0.2) is 16.4 Å². The van der Waals surface area contributed by atoms with Crippen molar-refractivity contribution < 1.29 is 71.7 Å². The van der Waals surface area contributed by atoms with Crippen LogP contribution in [-0.2, 0) is 9.09 Å². The van der Waals surface area contributed by atoms with Crippen LogP contribution in [0.2, 0.25) is 0 Å². The van der Waals surface area contributed by atoms with E-state index in [0.29, 0.717) is 0 Å². The molecular weight excluding hydrogens is 230 g/mol. The second-order valence-electron chi connectivity index (χ2n) is 3.09. The zero-order valence-corrected chi connectivity index (χ0v) is 13.1. The second-order valence-corrected chi connectivity index (χ2v) is 4.33. The predicted octanol–water partition coefficient (Wildman–Crippen LogP) is -0.427. The molecule has 0 aromatic carbocycles. The van der Waals surface area contributed by atoms with Crippen molar-refractivity contribution in [2.24, 2.45) is 0 Å². The molecule has 0 spiro atoms. The Bertz CT molecular complexity index is 165. The first-order valence-electron chi connectivity index (χ1n) is 4.76. The molecule has 6 heteroatoms. The third-order valence-electron chi connectivity index (χ3n) is 1.76. The van der Waals surface area contributed by atoms with E-state index in [1.165, 1.54) is 19.3 Å². The molecule has 0 aliphatic heterocycles. The number of hydrogen-bond donors (Lipinski definition) is 2. The van der Waals surface area contributed by atoms with Crippen molar-refractivity contribution in [1.82, 2.24) is 0 Å². The van der Waals surface area contributed by atoms with Crippen LogP contribution >= 0.6 is 7.82 Å². The van der Waals surface area contributed by atoms with E-state index in [-0.39, 0.29) is 59.4 Å². The van der Waals surface area contributed by atoms with Crippen molar-refractivity contribution in [1.29, 1.82) is 0 Å². The summed E-state index contributed by atoms with van der Waals surface area (Å²) < 4.78 is 14.5. The molecule has 0 aliphatic rings. The second kappa shape index (κ2) is 11.2. The van der Waals surface area contributed by atoms with Crippen molar-refractivity contribution >= 4 is 7.82 Å². The maximum atomic E-state index is 10.2. The van der Waals surface area contributed by atoms with Gasteiger partial charge >= 0.3 is 59.2 Å². The Kier molecular flexibility index (Phi) is 14.5. The minimum atomic E-state index is -4.23. The molecule has 0 atom stereocenters. The summed E-state index contributed by atoms with van der Waals surface area (Å²) in [5.41, 5.74) is 0. The number of hydrogen-bond acceptors (Lipinski definition) is 2. The third-order valence-corrected chi connectivity index (χ3v) is 2.28. The quantitative estimate of drug-likeness (QED) is 0.348. The van der Waals surface area contributed by atoms with E-state index in [2.05, 4.69) is 11.4 Å². The van der Waals surface area contributed by atoms with E-state index in [0.717, 1.165) is 19.3 Å². The predicted molar refractivity (Wildman–Crippen MR) is 52.5 cm³/mol. The fourth-order valence-electron chi connectivity index (χ4n) is 1.07. The molecule has 0 amide bonds. The Balaban J connectivity index is -0.000000720. The summed E-state index contributed by atoms with van der Waals surface area (Å²) >= 11 is 0. The summed E-state index contributed by atoms with van der Waals surface area (Å²) in [5, 5.41) is 0. The topological polar surface area (TPSA) is 66.8 Å². The molecule has 0 aromatic rings. The van der Waals surface area contributed by atoms with E-state index in [1.807, 2.05) is 0 Å². The van der Waals surface area contributed by atoms with Gasteiger partial charge in [-0.1, -0.05) is 39.0 Å². The minimum absolute atomic E-state index is 0. The summed E-state index contributed by atoms with van der Waals surface area (Å²) in [6, 6.07) is 0. The van der Waals surface area contributed by atoms with Gasteiger partial charge in [0.1, 0.15) is 0 Å². The van der Waals surface area contributed by atoms with Gasteiger partial charge in [0.05, 0.1) is 6.61 Å². The van der Waals surface area contributed by atoms with Gasteiger partial charge in [-0.25, -0.2) is 4.57 Å². The molecule has 0 aliphatic carbocycles. The van der Waals surface area contributed by atoms with Gasteiger partial charge in [-0.3, -0.25) is 4.52 Å². The van der Waals surface area contributed by atoms with Gasteiger partial charge in [0.2, 0.25) is 0 Å². The van der Waals surface area contributed by atoms with Gasteiger partial charge in [-0.2, -0.15) is 0 Å². The first-order valence-corrected chi connectivity index (χ1v) is 6.29. The molecule has 0 saturated heterocycles. The molecule has 0 saturated carbocycles. The maximum Gasteiger partial charge on any atom is 1.00 e. The smallest absolute Gasteiger partial charge is 1.00 e. The third kappa shape index (κ3) is 16.2. The molecule has 0 aromatic heterocycles. The summed E-state index contributed by atoms with van der Waals surface area (Å²) in [7, 11) is -4.23. The van der Waals surface area contributed by atoms with Gasteiger partial charge < -0.3 is 11.2 Å². The molecule has 2 N–H and O–H groups in total. The largest absolute Gasteiger partial charge is 1.00 e. The average Bonchev–Trinajstić information content (AvgIpc) is 2.01. The monoisotopic (exact) mass is 250 g/mol. The van der Waals surface area contributed by atoms with Crippen molar-refractivity contribution in [3.05, 3.63) is 0 Å². The van der Waals surface area contributed by atoms with Crippen LogP contribution in [0.1, 0.15) is 46.9 Å². The maximum absolute atomic E-state index is 10.2. The normalized spacial score (nSPS) is 11.1. The fourth-order valence-corrected chi connectivity index (χ4v) is 1.43. The zero-order valence-electron chi connectivity index (χ0n) is 10.1. The first kappa shape index (κ1) is 18.1. The van der Waals surface area contributed by atoms with Crippen LogP contribution in [0.15, 0.2) is 0 Å². The van der Waals surface area contributed by atoms with E-state index in [4.69, 9.17) is 9.79 Å². The van der Waals surface area contributed by atoms with Crippen LogP contribution in [0.3, 0.4) is 0 Å². The number of rotatable bonds is 8. The Morgan fingerprint density at radius 3 is 2.14 bits per heavy atom. The van der Waals surface area contributed by atoms with Crippen LogP contribution in [0, 0.1) is 0 Å². The summed E-state index contributed by atoms with van der Waals surface area (Å²) in [4.78, 5) is 16.7. The molecule has 0 fully saturated rings. The molecule has 0 radical (unpaired) electrons. The molecule has 0 rings (SSSR count). The summed E-state index contributed by atoms with van der Waals surface area (Å²) in [6.45, 7) is 2.31. The molecule has 0 heterocycles. The Labute approximate surface area is 130 Å². The number of phosphoric acid groups is 1. The van der Waals surface area contributed by atoms with Gasteiger partial charge in [0.15, 0.2) is 0 Å². The molecule has 0 unspecified atom stereocenters.